The fraction of sp³-hybridized carbons (Fsp3) is 0.692. The van der Waals surface area contributed by atoms with E-state index in [1.165, 1.54) is 12.7 Å². The van der Waals surface area contributed by atoms with Gasteiger partial charge in [-0.25, -0.2) is 15.0 Å². The van der Waals surface area contributed by atoms with Crippen LogP contribution in [0, 0.1) is 5.92 Å². The fourth-order valence-corrected chi connectivity index (χ4v) is 2.33. The summed E-state index contributed by atoms with van der Waals surface area (Å²) in [7, 11) is 0. The van der Waals surface area contributed by atoms with Gasteiger partial charge in [-0.1, -0.05) is 20.3 Å². The number of piperazine rings is 1. The Bertz CT molecular complexity index is 405. The van der Waals surface area contributed by atoms with Crippen molar-refractivity contribution in [2.24, 2.45) is 5.92 Å². The highest BCUT2D eigenvalue weighted by molar-refractivity contribution is 5.83. The molecule has 2 heterocycles. The number of carbonyl (C=O) groups is 1. The van der Waals surface area contributed by atoms with Crippen molar-refractivity contribution in [3.05, 3.63) is 18.5 Å². The van der Waals surface area contributed by atoms with Gasteiger partial charge in [-0.05, 0) is 5.92 Å². The lowest BCUT2D eigenvalue weighted by Crippen LogP contribution is -2.49. The van der Waals surface area contributed by atoms with Gasteiger partial charge < -0.3 is 10.2 Å². The van der Waals surface area contributed by atoms with Gasteiger partial charge in [-0.15, -0.1) is 0 Å². The van der Waals surface area contributed by atoms with Gasteiger partial charge in [0.15, 0.2) is 0 Å². The average molecular weight is 263 g/mol. The van der Waals surface area contributed by atoms with Crippen LogP contribution in [0.5, 0.6) is 0 Å². The van der Waals surface area contributed by atoms with E-state index in [0.717, 1.165) is 32.6 Å². The third-order valence-corrected chi connectivity index (χ3v) is 3.70. The van der Waals surface area contributed by atoms with E-state index in [0.29, 0.717) is 5.82 Å². The highest BCUT2D eigenvalue weighted by Gasteiger charge is 2.32. The summed E-state index contributed by atoms with van der Waals surface area (Å²) >= 11 is 0. The molecule has 0 aromatic carbocycles. The Kier molecular flexibility index (Phi) is 4.79. The van der Waals surface area contributed by atoms with Crippen LogP contribution in [0.15, 0.2) is 12.7 Å². The van der Waals surface area contributed by atoms with E-state index < -0.39 is 0 Å². The number of aromatic nitrogens is 3. The maximum atomic E-state index is 12.7. The molecule has 19 heavy (non-hydrogen) atoms. The van der Waals surface area contributed by atoms with Gasteiger partial charge in [0.1, 0.15) is 24.4 Å². The molecule has 0 saturated carbocycles. The minimum atomic E-state index is -0.258. The van der Waals surface area contributed by atoms with Crippen LogP contribution >= 0.6 is 0 Å². The summed E-state index contributed by atoms with van der Waals surface area (Å²) in [4.78, 5) is 26.8. The first kappa shape index (κ1) is 13.9. The van der Waals surface area contributed by atoms with E-state index in [4.69, 9.17) is 0 Å². The molecule has 1 aliphatic heterocycles. The van der Waals surface area contributed by atoms with Gasteiger partial charge in [0.05, 0.1) is 0 Å². The molecule has 0 aliphatic carbocycles. The van der Waals surface area contributed by atoms with Crippen LogP contribution in [0.2, 0.25) is 0 Å². The lowest BCUT2D eigenvalue weighted by Gasteiger charge is -2.32. The summed E-state index contributed by atoms with van der Waals surface area (Å²) in [5.41, 5.74) is 0. The lowest BCUT2D eigenvalue weighted by molar-refractivity contribution is -0.134. The molecular formula is C13H21N5O. The molecule has 1 N–H and O–H groups in total. The zero-order valence-electron chi connectivity index (χ0n) is 11.5. The standard InChI is InChI=1S/C13H21N5O/c1-3-10(2)11(12-16-8-15-9-17-12)13(19)18-6-4-14-5-7-18/h8-11,14H,3-7H2,1-2H3. The summed E-state index contributed by atoms with van der Waals surface area (Å²) in [6.07, 6.45) is 3.85. The Hall–Kier alpha value is -1.56. The third kappa shape index (κ3) is 3.26. The second-order valence-electron chi connectivity index (χ2n) is 4.93. The summed E-state index contributed by atoms with van der Waals surface area (Å²) in [5.74, 6) is 0.700. The smallest absolute Gasteiger partial charge is 0.233 e. The molecule has 1 amide bonds. The Morgan fingerprint density at radius 2 is 2.00 bits per heavy atom. The van der Waals surface area contributed by atoms with Crippen LogP contribution in [-0.2, 0) is 4.79 Å². The van der Waals surface area contributed by atoms with E-state index in [1.54, 1.807) is 0 Å². The zero-order valence-corrected chi connectivity index (χ0v) is 11.5. The van der Waals surface area contributed by atoms with Crippen LogP contribution < -0.4 is 5.32 Å². The maximum Gasteiger partial charge on any atom is 0.233 e. The summed E-state index contributed by atoms with van der Waals surface area (Å²) in [6.45, 7) is 7.40. The van der Waals surface area contributed by atoms with E-state index in [1.807, 2.05) is 4.90 Å². The highest BCUT2D eigenvalue weighted by atomic mass is 16.2. The number of rotatable bonds is 4. The van der Waals surface area contributed by atoms with Crippen molar-refractivity contribution in [2.45, 2.75) is 26.2 Å². The Morgan fingerprint density at radius 3 is 2.58 bits per heavy atom. The Morgan fingerprint density at radius 1 is 1.37 bits per heavy atom. The van der Waals surface area contributed by atoms with Crippen molar-refractivity contribution >= 4 is 5.91 Å². The first-order chi connectivity index (χ1) is 9.24. The van der Waals surface area contributed by atoms with Gasteiger partial charge >= 0.3 is 0 Å². The van der Waals surface area contributed by atoms with Crippen molar-refractivity contribution in [3.8, 4) is 0 Å². The largest absolute Gasteiger partial charge is 0.340 e. The molecule has 2 atom stereocenters. The predicted molar refractivity (Wildman–Crippen MR) is 71.5 cm³/mol. The molecule has 1 aliphatic rings. The molecule has 0 spiro atoms. The quantitative estimate of drug-likeness (QED) is 0.853. The van der Waals surface area contributed by atoms with Crippen LogP contribution in [0.25, 0.3) is 0 Å². The van der Waals surface area contributed by atoms with Gasteiger partial charge in [0.25, 0.3) is 0 Å². The van der Waals surface area contributed by atoms with Gasteiger partial charge in [-0.2, -0.15) is 0 Å². The SMILES string of the molecule is CCC(C)C(C(=O)N1CCNCC1)c1ncncn1. The number of nitrogens with one attached hydrogen (secondary N) is 1. The summed E-state index contributed by atoms with van der Waals surface area (Å²) in [5, 5.41) is 3.26. The number of amides is 1. The monoisotopic (exact) mass is 263 g/mol. The van der Waals surface area contributed by atoms with Gasteiger partial charge in [-0.3, -0.25) is 4.79 Å². The number of hydrogen-bond donors (Lipinski definition) is 1. The van der Waals surface area contributed by atoms with Crippen LogP contribution in [0.3, 0.4) is 0 Å². The van der Waals surface area contributed by atoms with Gasteiger partial charge in [0.2, 0.25) is 5.91 Å². The highest BCUT2D eigenvalue weighted by Crippen LogP contribution is 2.26. The average Bonchev–Trinajstić information content (AvgIpc) is 2.49. The van der Waals surface area contributed by atoms with Crippen molar-refractivity contribution in [2.75, 3.05) is 26.2 Å². The van der Waals surface area contributed by atoms with Crippen LogP contribution in [0.1, 0.15) is 32.0 Å². The molecule has 6 heteroatoms. The fourth-order valence-electron chi connectivity index (χ4n) is 2.33. The zero-order chi connectivity index (χ0) is 13.7. The van der Waals surface area contributed by atoms with E-state index in [2.05, 4.69) is 34.1 Å². The molecule has 0 bridgehead atoms. The van der Waals surface area contributed by atoms with Crippen molar-refractivity contribution in [1.29, 1.82) is 0 Å². The number of hydrogen-bond acceptors (Lipinski definition) is 5. The van der Waals surface area contributed by atoms with Crippen molar-refractivity contribution in [1.82, 2.24) is 25.2 Å². The second-order valence-corrected chi connectivity index (χ2v) is 4.93. The van der Waals surface area contributed by atoms with Crippen molar-refractivity contribution < 1.29 is 4.79 Å². The van der Waals surface area contributed by atoms with E-state index >= 15 is 0 Å². The molecule has 2 unspecified atom stereocenters. The molecule has 0 radical (unpaired) electrons. The Balaban J connectivity index is 2.20. The normalized spacial score (nSPS) is 18.9. The number of carbonyl (C=O) groups excluding carboxylic acids is 1. The molecule has 1 saturated heterocycles. The number of nitrogens with zero attached hydrogens (tertiary/aromatic N) is 4. The van der Waals surface area contributed by atoms with Crippen LogP contribution in [-0.4, -0.2) is 51.9 Å². The molecule has 2 rings (SSSR count). The topological polar surface area (TPSA) is 71.0 Å². The molecule has 6 nitrogen and oxygen atoms in total. The minimum absolute atomic E-state index is 0.141. The summed E-state index contributed by atoms with van der Waals surface area (Å²) < 4.78 is 0. The summed E-state index contributed by atoms with van der Waals surface area (Å²) in [6, 6.07) is 0. The second kappa shape index (κ2) is 6.56. The first-order valence-electron chi connectivity index (χ1n) is 6.85. The molecular weight excluding hydrogens is 242 g/mol. The van der Waals surface area contributed by atoms with E-state index in [9.17, 15) is 4.79 Å². The Labute approximate surface area is 113 Å². The first-order valence-corrected chi connectivity index (χ1v) is 6.85. The van der Waals surface area contributed by atoms with E-state index in [-0.39, 0.29) is 17.7 Å². The molecule has 1 aromatic rings. The van der Waals surface area contributed by atoms with Crippen molar-refractivity contribution in [3.63, 3.8) is 0 Å². The van der Waals surface area contributed by atoms with Gasteiger partial charge in [0, 0.05) is 26.2 Å². The predicted octanol–water partition coefficient (Wildman–Crippen LogP) is 0.433. The lowest BCUT2D eigenvalue weighted by atomic mass is 9.89. The third-order valence-electron chi connectivity index (χ3n) is 3.70. The van der Waals surface area contributed by atoms with Crippen LogP contribution in [0.4, 0.5) is 0 Å². The molecule has 104 valence electrons. The molecule has 1 aromatic heterocycles. The maximum absolute atomic E-state index is 12.7. The molecule has 1 fully saturated rings. The minimum Gasteiger partial charge on any atom is -0.340 e.